The number of ether oxygens (including phenoxy) is 1. The van der Waals surface area contributed by atoms with Gasteiger partial charge in [-0.1, -0.05) is 12.1 Å². The quantitative estimate of drug-likeness (QED) is 0.279. The Kier molecular flexibility index (Phi) is 6.71. The van der Waals surface area contributed by atoms with E-state index < -0.39 is 0 Å². The number of nitrogens with one attached hydrogen (secondary N) is 2. The van der Waals surface area contributed by atoms with Crippen molar-refractivity contribution in [3.63, 3.8) is 0 Å². The van der Waals surface area contributed by atoms with Gasteiger partial charge in [0.1, 0.15) is 11.6 Å². The van der Waals surface area contributed by atoms with Crippen LogP contribution in [0.2, 0.25) is 0 Å². The van der Waals surface area contributed by atoms with E-state index in [9.17, 15) is 4.39 Å². The highest BCUT2D eigenvalue weighted by Gasteiger charge is 2.22. The molecule has 0 bridgehead atoms. The molecule has 2 aromatic carbocycles. The molecule has 1 aliphatic rings. The summed E-state index contributed by atoms with van der Waals surface area (Å²) in [5.41, 5.74) is 2.07. The Hall–Kier alpha value is -1.83. The van der Waals surface area contributed by atoms with Crippen LogP contribution in [0.1, 0.15) is 37.2 Å². The first kappa shape index (κ1) is 18.9. The second-order valence-electron chi connectivity index (χ2n) is 6.49. The molecule has 0 unspecified atom stereocenters. The van der Waals surface area contributed by atoms with Crippen LogP contribution >= 0.6 is 22.9 Å². The van der Waals surface area contributed by atoms with Crippen molar-refractivity contribution in [1.29, 1.82) is 0 Å². The number of aliphatic imine (C=N–C) groups is 1. The van der Waals surface area contributed by atoms with Crippen molar-refractivity contribution in [1.82, 2.24) is 3.53 Å². The van der Waals surface area contributed by atoms with Crippen LogP contribution in [0.5, 0.6) is 5.75 Å². The zero-order valence-corrected chi connectivity index (χ0v) is 16.9. The molecule has 1 fully saturated rings. The van der Waals surface area contributed by atoms with E-state index in [0.29, 0.717) is 5.92 Å². The van der Waals surface area contributed by atoms with Gasteiger partial charge in [-0.3, -0.25) is 3.53 Å². The van der Waals surface area contributed by atoms with Crippen LogP contribution in [-0.2, 0) is 0 Å². The lowest BCUT2D eigenvalue weighted by atomic mass is 9.82. The van der Waals surface area contributed by atoms with Crippen LogP contribution in [0.15, 0.2) is 53.5 Å². The molecule has 138 valence electrons. The lowest BCUT2D eigenvalue weighted by Crippen LogP contribution is -2.27. The van der Waals surface area contributed by atoms with Crippen molar-refractivity contribution >= 4 is 34.5 Å². The minimum absolute atomic E-state index is 0.150. The van der Waals surface area contributed by atoms with Gasteiger partial charge in [-0.25, -0.2) is 9.38 Å². The first-order valence-electron chi connectivity index (χ1n) is 8.79. The summed E-state index contributed by atoms with van der Waals surface area (Å²) in [6.07, 6.45) is 4.09. The maximum atomic E-state index is 13.4. The maximum absolute atomic E-state index is 13.4. The molecule has 26 heavy (non-hydrogen) atoms. The second kappa shape index (κ2) is 9.21. The monoisotopic (exact) mass is 467 g/mol. The van der Waals surface area contributed by atoms with Crippen molar-refractivity contribution in [2.75, 3.05) is 12.4 Å². The molecule has 0 atom stereocenters. The van der Waals surface area contributed by atoms with Crippen molar-refractivity contribution in [3.8, 4) is 5.75 Å². The molecule has 3 rings (SSSR count). The molecular weight excluding hydrogens is 444 g/mol. The van der Waals surface area contributed by atoms with E-state index in [4.69, 9.17) is 9.73 Å². The van der Waals surface area contributed by atoms with Gasteiger partial charge in [0.2, 0.25) is 5.96 Å². The molecule has 4 nitrogen and oxygen atoms in total. The third-order valence-corrected chi connectivity index (χ3v) is 5.28. The van der Waals surface area contributed by atoms with Gasteiger partial charge < -0.3 is 10.1 Å². The minimum Gasteiger partial charge on any atom is -0.497 e. The third-order valence-electron chi connectivity index (χ3n) is 4.77. The van der Waals surface area contributed by atoms with Crippen molar-refractivity contribution in [2.24, 2.45) is 4.99 Å². The number of hydrogen-bond acceptors (Lipinski definition) is 2. The lowest BCUT2D eigenvalue weighted by Gasteiger charge is -2.27. The zero-order valence-electron chi connectivity index (χ0n) is 14.7. The van der Waals surface area contributed by atoms with Gasteiger partial charge in [-0.05, 0) is 73.6 Å². The normalized spacial score (nSPS) is 20.5. The van der Waals surface area contributed by atoms with Gasteiger partial charge in [0.25, 0.3) is 0 Å². The summed E-state index contributed by atoms with van der Waals surface area (Å²) < 4.78 is 21.7. The summed E-state index contributed by atoms with van der Waals surface area (Å²) in [6.45, 7) is 0. The van der Waals surface area contributed by atoms with Gasteiger partial charge >= 0.3 is 0 Å². The van der Waals surface area contributed by atoms with Gasteiger partial charge in [0, 0.05) is 5.69 Å². The average Bonchev–Trinajstić information content (AvgIpc) is 2.68. The summed E-state index contributed by atoms with van der Waals surface area (Å²) in [4.78, 5) is 4.82. The Bertz CT molecular complexity index is 743. The fourth-order valence-corrected chi connectivity index (χ4v) is 3.65. The molecule has 0 aromatic heterocycles. The summed E-state index contributed by atoms with van der Waals surface area (Å²) in [5, 5.41) is 3.30. The van der Waals surface area contributed by atoms with Gasteiger partial charge in [-0.2, -0.15) is 0 Å². The van der Waals surface area contributed by atoms with Crippen LogP contribution < -0.4 is 13.6 Å². The number of methoxy groups -OCH3 is 1. The average molecular weight is 467 g/mol. The molecule has 0 saturated heterocycles. The number of nitrogens with zero attached hydrogens (tertiary/aromatic N) is 1. The topological polar surface area (TPSA) is 45.6 Å². The molecule has 0 aliphatic heterocycles. The highest BCUT2D eigenvalue weighted by Crippen LogP contribution is 2.34. The van der Waals surface area contributed by atoms with Crippen LogP contribution in [0, 0.1) is 5.82 Å². The summed E-state index contributed by atoms with van der Waals surface area (Å²) in [5.74, 6) is 1.86. The third kappa shape index (κ3) is 5.09. The number of guanidine groups is 1. The first-order chi connectivity index (χ1) is 12.7. The number of rotatable bonds is 4. The summed E-state index contributed by atoms with van der Waals surface area (Å²) in [6, 6.07) is 15.0. The van der Waals surface area contributed by atoms with Crippen molar-refractivity contribution in [3.05, 3.63) is 59.9 Å². The van der Waals surface area contributed by atoms with E-state index >= 15 is 0 Å². The minimum atomic E-state index is -0.150. The van der Waals surface area contributed by atoms with E-state index in [1.54, 1.807) is 19.2 Å². The molecule has 2 N–H and O–H groups in total. The predicted molar refractivity (Wildman–Crippen MR) is 113 cm³/mol. The first-order valence-corrected chi connectivity index (χ1v) is 9.87. The Balaban J connectivity index is 1.58. The second-order valence-corrected chi connectivity index (χ2v) is 7.03. The Morgan fingerprint density at radius 3 is 2.46 bits per heavy atom. The Morgan fingerprint density at radius 2 is 1.85 bits per heavy atom. The molecular formula is C20H23FIN3O. The van der Waals surface area contributed by atoms with E-state index in [1.165, 1.54) is 6.07 Å². The molecule has 0 amide bonds. The van der Waals surface area contributed by atoms with E-state index in [-0.39, 0.29) is 11.9 Å². The molecule has 1 aliphatic carbocycles. The number of benzene rings is 2. The van der Waals surface area contributed by atoms with Crippen LogP contribution in [0.25, 0.3) is 0 Å². The highest BCUT2D eigenvalue weighted by molar-refractivity contribution is 14.1. The largest absolute Gasteiger partial charge is 0.497 e. The molecule has 0 spiro atoms. The van der Waals surface area contributed by atoms with Crippen LogP contribution in [0.3, 0.4) is 0 Å². The SMILES string of the molecule is COc1ccc(NC(=NC2CCC(c3cccc(F)c3)CC2)NI)cc1. The maximum Gasteiger partial charge on any atom is 0.204 e. The smallest absolute Gasteiger partial charge is 0.204 e. The lowest BCUT2D eigenvalue weighted by molar-refractivity contribution is 0.396. The van der Waals surface area contributed by atoms with Crippen molar-refractivity contribution in [2.45, 2.75) is 37.6 Å². The zero-order chi connectivity index (χ0) is 18.4. The van der Waals surface area contributed by atoms with Crippen molar-refractivity contribution < 1.29 is 9.13 Å². The van der Waals surface area contributed by atoms with E-state index in [0.717, 1.165) is 48.6 Å². The summed E-state index contributed by atoms with van der Waals surface area (Å²) in [7, 11) is 1.65. The molecule has 6 heteroatoms. The highest BCUT2D eigenvalue weighted by atomic mass is 127. The number of halogens is 2. The fourth-order valence-electron chi connectivity index (χ4n) is 3.37. The molecule has 0 heterocycles. The van der Waals surface area contributed by atoms with E-state index in [1.807, 2.05) is 30.3 Å². The predicted octanol–water partition coefficient (Wildman–Crippen LogP) is 5.27. The fraction of sp³-hybridized carbons (Fsp3) is 0.350. The summed E-state index contributed by atoms with van der Waals surface area (Å²) >= 11 is 2.09. The molecule has 0 radical (unpaired) electrons. The van der Waals surface area contributed by atoms with Gasteiger partial charge in [0.15, 0.2) is 0 Å². The van der Waals surface area contributed by atoms with E-state index in [2.05, 4.69) is 31.7 Å². The Labute approximate surface area is 167 Å². The Morgan fingerprint density at radius 1 is 1.12 bits per heavy atom. The standard InChI is InChI=1S/C20H23FIN3O/c1-26-19-11-9-18(10-12-19)24-20(25-22)23-17-7-5-14(6-8-17)15-3-2-4-16(21)13-15/h2-4,9-14,17H,5-8H2,1H3,(H2,23,24,25). The van der Waals surface area contributed by atoms with Crippen LogP contribution in [-0.4, -0.2) is 19.1 Å². The number of anilines is 1. The van der Waals surface area contributed by atoms with Gasteiger partial charge in [-0.15, -0.1) is 0 Å². The van der Waals surface area contributed by atoms with Crippen LogP contribution in [0.4, 0.5) is 10.1 Å². The molecule has 1 saturated carbocycles. The number of hydrogen-bond donors (Lipinski definition) is 2. The molecule has 2 aromatic rings. The van der Waals surface area contributed by atoms with Gasteiger partial charge in [0.05, 0.1) is 36.0 Å².